The predicted molar refractivity (Wildman–Crippen MR) is 60.3 cm³/mol. The summed E-state index contributed by atoms with van der Waals surface area (Å²) in [6.07, 6.45) is 3.02. The number of amides is 1. The first-order valence-corrected chi connectivity index (χ1v) is 5.22. The minimum absolute atomic E-state index is 0.167. The van der Waals surface area contributed by atoms with Crippen LogP contribution in [0.15, 0.2) is 27.3 Å². The largest absolute Gasteiger partial charge is 0.450 e. The van der Waals surface area contributed by atoms with Crippen LogP contribution in [0.25, 0.3) is 6.08 Å². The smallest absolute Gasteiger partial charge is 0.244 e. The van der Waals surface area contributed by atoms with E-state index in [9.17, 15) is 4.79 Å². The second kappa shape index (κ2) is 6.42. The molecule has 5 heteroatoms. The van der Waals surface area contributed by atoms with E-state index in [1.54, 1.807) is 25.3 Å². The van der Waals surface area contributed by atoms with E-state index < -0.39 is 0 Å². The van der Waals surface area contributed by atoms with Crippen LogP contribution >= 0.6 is 15.9 Å². The van der Waals surface area contributed by atoms with E-state index in [1.165, 1.54) is 6.08 Å². The standard InChI is InChI=1S/C10H12BrNO3/c1-14-7-6-12-10(13)5-3-8-2-4-9(11)15-8/h2-5H,6-7H2,1H3,(H,12,13)/b5-3+. The molecule has 4 nitrogen and oxygen atoms in total. The van der Waals surface area contributed by atoms with Gasteiger partial charge in [-0.2, -0.15) is 0 Å². The third-order valence-corrected chi connectivity index (χ3v) is 2.02. The molecular formula is C10H12BrNO3. The predicted octanol–water partition coefficient (Wildman–Crippen LogP) is 1.82. The Balaban J connectivity index is 2.34. The number of hydrogen-bond donors (Lipinski definition) is 1. The Morgan fingerprint density at radius 3 is 3.07 bits per heavy atom. The van der Waals surface area contributed by atoms with Gasteiger partial charge in [0.2, 0.25) is 5.91 Å². The Labute approximate surface area is 96.4 Å². The Hall–Kier alpha value is -1.07. The number of furan rings is 1. The van der Waals surface area contributed by atoms with E-state index in [4.69, 9.17) is 9.15 Å². The second-order valence-corrected chi connectivity index (χ2v) is 3.54. The van der Waals surface area contributed by atoms with Crippen molar-refractivity contribution in [3.05, 3.63) is 28.6 Å². The molecule has 0 aliphatic carbocycles. The Kier molecular flexibility index (Phi) is 5.14. The molecule has 0 bridgehead atoms. The number of rotatable bonds is 5. The summed E-state index contributed by atoms with van der Waals surface area (Å²) >= 11 is 3.17. The molecule has 1 N–H and O–H groups in total. The number of halogens is 1. The molecular weight excluding hydrogens is 262 g/mol. The zero-order valence-corrected chi connectivity index (χ0v) is 9.91. The van der Waals surface area contributed by atoms with Crippen molar-refractivity contribution in [3.63, 3.8) is 0 Å². The average Bonchev–Trinajstić information content (AvgIpc) is 2.62. The molecule has 0 unspecified atom stereocenters. The van der Waals surface area contributed by atoms with Gasteiger partial charge in [-0.3, -0.25) is 4.79 Å². The monoisotopic (exact) mass is 273 g/mol. The van der Waals surface area contributed by atoms with Gasteiger partial charge < -0.3 is 14.5 Å². The number of carbonyl (C=O) groups excluding carboxylic acids is 1. The molecule has 0 radical (unpaired) electrons. The SMILES string of the molecule is COCCNC(=O)/C=C/c1ccc(Br)o1. The number of hydrogen-bond acceptors (Lipinski definition) is 3. The summed E-state index contributed by atoms with van der Waals surface area (Å²) in [6, 6.07) is 3.53. The molecule has 0 atom stereocenters. The van der Waals surface area contributed by atoms with Crippen LogP contribution < -0.4 is 5.32 Å². The van der Waals surface area contributed by atoms with Crippen molar-refractivity contribution >= 4 is 27.9 Å². The fourth-order valence-corrected chi connectivity index (χ4v) is 1.23. The van der Waals surface area contributed by atoms with Gasteiger partial charge in [-0.25, -0.2) is 0 Å². The van der Waals surface area contributed by atoms with Crippen molar-refractivity contribution in [2.75, 3.05) is 20.3 Å². The zero-order valence-electron chi connectivity index (χ0n) is 8.33. The highest BCUT2D eigenvalue weighted by Gasteiger charge is 1.96. The van der Waals surface area contributed by atoms with Crippen molar-refractivity contribution in [3.8, 4) is 0 Å². The normalized spacial score (nSPS) is 10.8. The molecule has 1 heterocycles. The molecule has 15 heavy (non-hydrogen) atoms. The van der Waals surface area contributed by atoms with E-state index in [0.29, 0.717) is 23.6 Å². The molecule has 0 spiro atoms. The summed E-state index contributed by atoms with van der Waals surface area (Å²) in [5, 5.41) is 2.66. The van der Waals surface area contributed by atoms with Crippen LogP contribution in [0.4, 0.5) is 0 Å². The number of methoxy groups -OCH3 is 1. The molecule has 0 saturated heterocycles. The van der Waals surface area contributed by atoms with Crippen LogP contribution in [0, 0.1) is 0 Å². The minimum Gasteiger partial charge on any atom is -0.450 e. The summed E-state index contributed by atoms with van der Waals surface area (Å²) in [7, 11) is 1.59. The van der Waals surface area contributed by atoms with Gasteiger partial charge in [-0.15, -0.1) is 0 Å². The highest BCUT2D eigenvalue weighted by atomic mass is 79.9. The summed E-state index contributed by atoms with van der Waals surface area (Å²) in [6.45, 7) is 1.01. The maximum absolute atomic E-state index is 11.2. The fraction of sp³-hybridized carbons (Fsp3) is 0.300. The molecule has 0 aliphatic heterocycles. The highest BCUT2D eigenvalue weighted by Crippen LogP contribution is 2.14. The average molecular weight is 274 g/mol. The molecule has 0 fully saturated rings. The molecule has 1 amide bonds. The lowest BCUT2D eigenvalue weighted by molar-refractivity contribution is -0.116. The lowest BCUT2D eigenvalue weighted by atomic mass is 10.4. The Morgan fingerprint density at radius 2 is 2.47 bits per heavy atom. The summed E-state index contributed by atoms with van der Waals surface area (Å²) in [5.41, 5.74) is 0. The molecule has 1 aromatic heterocycles. The van der Waals surface area contributed by atoms with E-state index in [2.05, 4.69) is 21.2 Å². The van der Waals surface area contributed by atoms with Gasteiger partial charge in [0.25, 0.3) is 0 Å². The fourth-order valence-electron chi connectivity index (χ4n) is 0.911. The summed E-state index contributed by atoms with van der Waals surface area (Å²) in [5.74, 6) is 0.461. The van der Waals surface area contributed by atoms with E-state index in [-0.39, 0.29) is 5.91 Å². The third-order valence-electron chi connectivity index (χ3n) is 1.60. The van der Waals surface area contributed by atoms with E-state index in [0.717, 1.165) is 0 Å². The van der Waals surface area contributed by atoms with Gasteiger partial charge in [0.15, 0.2) is 4.67 Å². The number of ether oxygens (including phenoxy) is 1. The van der Waals surface area contributed by atoms with Crippen LogP contribution in [0.1, 0.15) is 5.76 Å². The first-order chi connectivity index (χ1) is 7.22. The molecule has 1 rings (SSSR count). The van der Waals surface area contributed by atoms with Crippen molar-refractivity contribution < 1.29 is 13.9 Å². The van der Waals surface area contributed by atoms with Crippen LogP contribution in [0.5, 0.6) is 0 Å². The molecule has 0 aromatic carbocycles. The van der Waals surface area contributed by atoms with Crippen molar-refractivity contribution in [2.24, 2.45) is 0 Å². The quantitative estimate of drug-likeness (QED) is 0.658. The first-order valence-electron chi connectivity index (χ1n) is 4.42. The lowest BCUT2D eigenvalue weighted by Crippen LogP contribution is -2.24. The van der Waals surface area contributed by atoms with Crippen LogP contribution in [0.3, 0.4) is 0 Å². The van der Waals surface area contributed by atoms with Gasteiger partial charge in [0, 0.05) is 19.7 Å². The third kappa shape index (κ3) is 4.80. The number of nitrogens with one attached hydrogen (secondary N) is 1. The van der Waals surface area contributed by atoms with Gasteiger partial charge in [-0.05, 0) is 34.1 Å². The zero-order chi connectivity index (χ0) is 11.1. The minimum atomic E-state index is -0.167. The van der Waals surface area contributed by atoms with Gasteiger partial charge in [0.05, 0.1) is 6.61 Å². The first kappa shape index (κ1) is 12.0. The maximum atomic E-state index is 11.2. The van der Waals surface area contributed by atoms with Gasteiger partial charge in [0.1, 0.15) is 5.76 Å². The van der Waals surface area contributed by atoms with Crippen LogP contribution in [-0.4, -0.2) is 26.2 Å². The van der Waals surface area contributed by atoms with Crippen LogP contribution in [-0.2, 0) is 9.53 Å². The maximum Gasteiger partial charge on any atom is 0.244 e. The number of carbonyl (C=O) groups is 1. The molecule has 82 valence electrons. The van der Waals surface area contributed by atoms with Crippen LogP contribution in [0.2, 0.25) is 0 Å². The topological polar surface area (TPSA) is 51.5 Å². The highest BCUT2D eigenvalue weighted by molar-refractivity contribution is 9.10. The van der Waals surface area contributed by atoms with E-state index in [1.807, 2.05) is 0 Å². The second-order valence-electron chi connectivity index (χ2n) is 2.76. The van der Waals surface area contributed by atoms with Crippen molar-refractivity contribution in [1.82, 2.24) is 5.32 Å². The summed E-state index contributed by atoms with van der Waals surface area (Å²) in [4.78, 5) is 11.2. The lowest BCUT2D eigenvalue weighted by Gasteiger charge is -1.99. The summed E-state index contributed by atoms with van der Waals surface area (Å²) < 4.78 is 10.6. The van der Waals surface area contributed by atoms with E-state index >= 15 is 0 Å². The van der Waals surface area contributed by atoms with Gasteiger partial charge >= 0.3 is 0 Å². The van der Waals surface area contributed by atoms with Crippen molar-refractivity contribution in [2.45, 2.75) is 0 Å². The molecule has 0 saturated carbocycles. The van der Waals surface area contributed by atoms with Gasteiger partial charge in [-0.1, -0.05) is 0 Å². The molecule has 0 aliphatic rings. The Morgan fingerprint density at radius 1 is 1.67 bits per heavy atom. The van der Waals surface area contributed by atoms with Crippen molar-refractivity contribution in [1.29, 1.82) is 0 Å². The Bertz CT molecular complexity index is 346. The molecule has 1 aromatic rings.